The Morgan fingerprint density at radius 2 is 1.61 bits per heavy atom. The van der Waals surface area contributed by atoms with E-state index in [1.54, 1.807) is 13.4 Å². The van der Waals surface area contributed by atoms with Crippen molar-refractivity contribution in [2.75, 3.05) is 43.4 Å². The Morgan fingerprint density at radius 1 is 0.870 bits per heavy atom. The summed E-state index contributed by atoms with van der Waals surface area (Å²) in [5.41, 5.74) is 6.46. The SMILES string of the molecule is CC(C)(O)c1ccccc1CC[C@@H](SCC1(CC(=O)O)CC1)c1cccc(/C=C/c2ccc3ccc(Cl)cc3n2)c1.Cn1c(=O)c2c(ncn2CCN2CCN(c3ccccc3Cl)CC2)n(C)c1=O. The van der Waals surface area contributed by atoms with Crippen molar-refractivity contribution in [3.63, 3.8) is 0 Å². The lowest BCUT2D eigenvalue weighted by molar-refractivity contribution is -0.138. The van der Waals surface area contributed by atoms with Gasteiger partial charge in [0.05, 0.1) is 40.3 Å². The van der Waals surface area contributed by atoms with Crippen LogP contribution in [-0.2, 0) is 37.5 Å². The zero-order valence-electron chi connectivity index (χ0n) is 39.5. The molecule has 69 heavy (non-hydrogen) atoms. The minimum absolute atomic E-state index is 0.0814. The van der Waals surface area contributed by atoms with Gasteiger partial charge in [0.1, 0.15) is 0 Å². The summed E-state index contributed by atoms with van der Waals surface area (Å²) >= 11 is 14.3. The van der Waals surface area contributed by atoms with Gasteiger partial charge in [0, 0.05) is 74.8 Å². The normalized spacial score (nSPS) is 15.4. The zero-order chi connectivity index (χ0) is 48.9. The van der Waals surface area contributed by atoms with E-state index in [-0.39, 0.29) is 28.3 Å². The summed E-state index contributed by atoms with van der Waals surface area (Å²) in [6.45, 7) is 8.78. The van der Waals surface area contributed by atoms with Gasteiger partial charge >= 0.3 is 11.7 Å². The monoisotopic (exact) mass is 987 g/mol. The predicted octanol–water partition coefficient (Wildman–Crippen LogP) is 9.86. The molecule has 1 atom stereocenters. The van der Waals surface area contributed by atoms with Crippen molar-refractivity contribution in [1.29, 1.82) is 0 Å². The Hall–Kier alpha value is -5.70. The maximum Gasteiger partial charge on any atom is 0.332 e. The van der Waals surface area contributed by atoms with Crippen molar-refractivity contribution in [3.8, 4) is 0 Å². The Morgan fingerprint density at radius 3 is 2.35 bits per heavy atom. The van der Waals surface area contributed by atoms with E-state index in [0.717, 1.165) is 113 Å². The first kappa shape index (κ1) is 49.7. The number of thioether (sulfide) groups is 1. The van der Waals surface area contributed by atoms with Crippen LogP contribution in [0, 0.1) is 5.41 Å². The van der Waals surface area contributed by atoms with E-state index < -0.39 is 11.6 Å². The van der Waals surface area contributed by atoms with Crippen molar-refractivity contribution in [1.82, 2.24) is 28.6 Å². The zero-order valence-corrected chi connectivity index (χ0v) is 41.9. The van der Waals surface area contributed by atoms with Crippen molar-refractivity contribution in [2.45, 2.75) is 63.3 Å². The van der Waals surface area contributed by atoms with Gasteiger partial charge in [-0.2, -0.15) is 11.8 Å². The number of carbonyl (C=O) groups is 1. The Kier molecular flexibility index (Phi) is 15.5. The van der Waals surface area contributed by atoms with Gasteiger partial charge in [-0.05, 0) is 104 Å². The predicted molar refractivity (Wildman–Crippen MR) is 282 cm³/mol. The molecule has 9 rings (SSSR count). The number of piperazine rings is 1. The molecular formula is C54H59Cl2N7O5S. The number of para-hydroxylation sites is 1. The van der Waals surface area contributed by atoms with Crippen molar-refractivity contribution in [2.24, 2.45) is 19.5 Å². The number of aliphatic hydroxyl groups is 1. The first-order valence-electron chi connectivity index (χ1n) is 23.4. The second kappa shape index (κ2) is 21.5. The average Bonchev–Trinajstić information content (AvgIpc) is 3.96. The van der Waals surface area contributed by atoms with Gasteiger partial charge in [0.25, 0.3) is 5.56 Å². The van der Waals surface area contributed by atoms with Crippen LogP contribution < -0.4 is 16.1 Å². The lowest BCUT2D eigenvalue weighted by Crippen LogP contribution is -2.47. The number of aliphatic carboxylic acids is 1. The summed E-state index contributed by atoms with van der Waals surface area (Å²) in [5.74, 6) is 0.122. The van der Waals surface area contributed by atoms with Crippen molar-refractivity contribution in [3.05, 3.63) is 168 Å². The molecule has 0 spiro atoms. The average molecular weight is 989 g/mol. The standard InChI is InChI=1S/C35H36ClNO3S.C19H23ClN6O2/c1-34(2,40)30-9-4-3-7-25(30)13-17-32(41-23-35(18-19-35)22-33(38)39)27-8-5-6-24(20-27)10-15-29-16-12-26-11-14-28(36)21-31(26)37-29;1-22-17-16(18(27)23(2)19(22)28)26(13-21-17)12-9-24-7-10-25(11-8-24)15-6-4-3-5-14(15)20/h3-12,14-16,20-21,32,40H,13,17-19,22-23H2,1-2H3,(H,38,39);3-6,13H,7-12H2,1-2H3/b15-10+;/t32-;/m1./s1. The van der Waals surface area contributed by atoms with Crippen LogP contribution in [-0.4, -0.2) is 83.2 Å². The lowest BCUT2D eigenvalue weighted by atomic mass is 9.90. The molecule has 3 aromatic heterocycles. The molecule has 4 heterocycles. The van der Waals surface area contributed by atoms with Crippen LogP contribution in [0.4, 0.5) is 5.69 Å². The van der Waals surface area contributed by atoms with E-state index in [9.17, 15) is 24.6 Å². The molecule has 2 aliphatic rings. The summed E-state index contributed by atoms with van der Waals surface area (Å²) < 4.78 is 4.38. The molecule has 2 fully saturated rings. The third-order valence-corrected chi connectivity index (χ3v) is 15.5. The highest BCUT2D eigenvalue weighted by molar-refractivity contribution is 7.99. The number of nitrogens with zero attached hydrogens (tertiary/aromatic N) is 7. The fourth-order valence-electron chi connectivity index (χ4n) is 9.09. The van der Waals surface area contributed by atoms with E-state index in [0.29, 0.717) is 22.7 Å². The van der Waals surface area contributed by atoms with Gasteiger partial charge in [0.15, 0.2) is 11.2 Å². The van der Waals surface area contributed by atoms with Gasteiger partial charge in [0.2, 0.25) is 0 Å². The number of imidazole rings is 1. The number of anilines is 1. The van der Waals surface area contributed by atoms with Crippen molar-refractivity contribution >= 4 is 80.8 Å². The molecule has 15 heteroatoms. The molecule has 0 amide bonds. The molecule has 360 valence electrons. The molecule has 0 unspecified atom stereocenters. The molecule has 12 nitrogen and oxygen atoms in total. The van der Waals surface area contributed by atoms with Crippen LogP contribution >= 0.6 is 35.0 Å². The van der Waals surface area contributed by atoms with E-state index >= 15 is 0 Å². The number of pyridine rings is 1. The summed E-state index contributed by atoms with van der Waals surface area (Å²) in [6.07, 6.45) is 9.66. The van der Waals surface area contributed by atoms with Gasteiger partial charge in [-0.15, -0.1) is 0 Å². The topological polar surface area (TPSA) is 139 Å². The molecule has 4 aromatic carbocycles. The Labute approximate surface area is 416 Å². The van der Waals surface area contributed by atoms with E-state index in [2.05, 4.69) is 63.3 Å². The molecule has 7 aromatic rings. The van der Waals surface area contributed by atoms with E-state index in [1.165, 1.54) is 17.2 Å². The number of carboxylic acid groups (broad SMARTS) is 1. The summed E-state index contributed by atoms with van der Waals surface area (Å²) in [6, 6.07) is 34.4. The lowest BCUT2D eigenvalue weighted by Gasteiger charge is -2.36. The van der Waals surface area contributed by atoms with Gasteiger partial charge in [-0.1, -0.05) is 102 Å². The van der Waals surface area contributed by atoms with E-state index in [1.807, 2.05) is 96.9 Å². The minimum Gasteiger partial charge on any atom is -0.481 e. The number of halogens is 2. The van der Waals surface area contributed by atoms with Crippen LogP contribution in [0.5, 0.6) is 0 Å². The maximum absolute atomic E-state index is 12.5. The summed E-state index contributed by atoms with van der Waals surface area (Å²) in [4.78, 5) is 49.7. The molecule has 0 bridgehead atoms. The van der Waals surface area contributed by atoms with Gasteiger partial charge in [-0.25, -0.2) is 14.8 Å². The van der Waals surface area contributed by atoms with Crippen LogP contribution in [0.2, 0.25) is 10.0 Å². The number of aryl methyl sites for hydroxylation is 2. The Bertz CT molecular complexity index is 3110. The fourth-order valence-corrected chi connectivity index (χ4v) is 11.1. The molecule has 1 saturated heterocycles. The highest BCUT2D eigenvalue weighted by Crippen LogP contribution is 2.53. The first-order chi connectivity index (χ1) is 33.1. The molecule has 1 aliphatic heterocycles. The summed E-state index contributed by atoms with van der Waals surface area (Å²) in [5, 5.41) is 22.9. The minimum atomic E-state index is -0.911. The number of carboxylic acids is 1. The molecule has 2 N–H and O–H groups in total. The third kappa shape index (κ3) is 12.2. The van der Waals surface area contributed by atoms with Crippen LogP contribution in [0.3, 0.4) is 0 Å². The smallest absolute Gasteiger partial charge is 0.332 e. The summed E-state index contributed by atoms with van der Waals surface area (Å²) in [7, 11) is 3.13. The highest BCUT2D eigenvalue weighted by Gasteiger charge is 2.44. The molecule has 0 radical (unpaired) electrons. The molecular weight excluding hydrogens is 930 g/mol. The molecule has 1 aliphatic carbocycles. The van der Waals surface area contributed by atoms with E-state index in [4.69, 9.17) is 28.2 Å². The van der Waals surface area contributed by atoms with Gasteiger partial charge in [-0.3, -0.25) is 23.6 Å². The molecule has 1 saturated carbocycles. The number of fused-ring (bicyclic) bond motifs is 2. The number of hydrogen-bond acceptors (Lipinski definition) is 9. The second-order valence-electron chi connectivity index (χ2n) is 18.8. The number of rotatable bonds is 16. The Balaban J connectivity index is 0.000000200. The van der Waals surface area contributed by atoms with Crippen LogP contribution in [0.15, 0.2) is 119 Å². The second-order valence-corrected chi connectivity index (χ2v) is 20.8. The number of benzene rings is 4. The fraction of sp³-hybridized carbons (Fsp3) is 0.352. The van der Waals surface area contributed by atoms with Crippen molar-refractivity contribution < 1.29 is 15.0 Å². The quantitative estimate of drug-likeness (QED) is 0.0963. The first-order valence-corrected chi connectivity index (χ1v) is 25.2. The number of aromatic nitrogens is 5. The van der Waals surface area contributed by atoms with Crippen LogP contribution in [0.1, 0.15) is 72.7 Å². The van der Waals surface area contributed by atoms with Gasteiger partial charge < -0.3 is 19.7 Å². The van der Waals surface area contributed by atoms with Crippen LogP contribution in [0.25, 0.3) is 34.2 Å². The maximum atomic E-state index is 12.5. The third-order valence-electron chi connectivity index (χ3n) is 13.3. The highest BCUT2D eigenvalue weighted by atomic mass is 35.5. The largest absolute Gasteiger partial charge is 0.481 e. The number of hydrogen-bond donors (Lipinski definition) is 2.